The Bertz CT molecular complexity index is 1400. The number of anilines is 2. The maximum Gasteiger partial charge on any atom is 0.229 e. The zero-order chi connectivity index (χ0) is 24.0. The summed E-state index contributed by atoms with van der Waals surface area (Å²) < 4.78 is 16.7. The van der Waals surface area contributed by atoms with Crippen molar-refractivity contribution in [3.8, 4) is 11.1 Å². The van der Waals surface area contributed by atoms with Crippen LogP contribution in [0.4, 0.5) is 15.9 Å². The van der Waals surface area contributed by atoms with Gasteiger partial charge in [-0.25, -0.2) is 9.37 Å². The zero-order valence-corrected chi connectivity index (χ0v) is 18.9. The first kappa shape index (κ1) is 22.0. The summed E-state index contributed by atoms with van der Waals surface area (Å²) in [6.07, 6.45) is 8.37. The minimum absolute atomic E-state index is 0.00929. The minimum atomic E-state index is -0.515. The van der Waals surface area contributed by atoms with Gasteiger partial charge in [0.15, 0.2) is 5.82 Å². The molecule has 3 heterocycles. The molecule has 5 rings (SSSR count). The lowest BCUT2D eigenvalue weighted by atomic mass is 9.98. The number of aliphatic hydroxyl groups excluding tert-OH is 1. The van der Waals surface area contributed by atoms with Crippen LogP contribution < -0.4 is 11.1 Å². The number of hydrogen-bond acceptors (Lipinski definition) is 6. The van der Waals surface area contributed by atoms with E-state index in [2.05, 4.69) is 20.4 Å². The molecule has 0 radical (unpaired) electrons. The van der Waals surface area contributed by atoms with Gasteiger partial charge in [0, 0.05) is 53.1 Å². The molecule has 34 heavy (non-hydrogen) atoms. The number of nitrogens with zero attached hydrogens (tertiary/aromatic N) is 4. The summed E-state index contributed by atoms with van der Waals surface area (Å²) >= 11 is 0. The smallest absolute Gasteiger partial charge is 0.229 e. The van der Waals surface area contributed by atoms with Crippen molar-refractivity contribution < 1.29 is 14.3 Å². The number of pyridine rings is 2. The summed E-state index contributed by atoms with van der Waals surface area (Å²) in [6, 6.07) is 5.23. The van der Waals surface area contributed by atoms with Crippen molar-refractivity contribution in [2.45, 2.75) is 26.3 Å². The van der Waals surface area contributed by atoms with E-state index < -0.39 is 5.82 Å². The Morgan fingerprint density at radius 1 is 1.26 bits per heavy atom. The van der Waals surface area contributed by atoms with Crippen LogP contribution >= 0.6 is 0 Å². The number of carbonyl (C=O) groups is 1. The van der Waals surface area contributed by atoms with Gasteiger partial charge in [-0.15, -0.1) is 0 Å². The van der Waals surface area contributed by atoms with Gasteiger partial charge in [-0.2, -0.15) is 5.10 Å². The predicted octanol–water partition coefficient (Wildman–Crippen LogP) is 3.50. The Hall–Kier alpha value is -3.85. The van der Waals surface area contributed by atoms with Gasteiger partial charge in [-0.3, -0.25) is 14.5 Å². The number of carbonyl (C=O) groups excluding carboxylic acids is 1. The van der Waals surface area contributed by atoms with Gasteiger partial charge in [0.05, 0.1) is 25.0 Å². The molecule has 174 valence electrons. The fraction of sp³-hybridized carbons (Fsp3) is 0.280. The van der Waals surface area contributed by atoms with Crippen molar-refractivity contribution in [1.82, 2.24) is 19.7 Å². The quantitative estimate of drug-likeness (QED) is 0.379. The molecule has 3 atom stereocenters. The van der Waals surface area contributed by atoms with Crippen molar-refractivity contribution in [3.63, 3.8) is 0 Å². The number of aromatic nitrogens is 4. The number of halogens is 1. The van der Waals surface area contributed by atoms with E-state index in [1.54, 1.807) is 35.4 Å². The molecule has 0 bridgehead atoms. The van der Waals surface area contributed by atoms with E-state index in [1.165, 1.54) is 6.20 Å². The van der Waals surface area contributed by atoms with E-state index in [-0.39, 0.29) is 36.0 Å². The highest BCUT2D eigenvalue weighted by Gasteiger charge is 2.53. The molecule has 3 aromatic heterocycles. The van der Waals surface area contributed by atoms with Crippen LogP contribution in [-0.2, 0) is 11.3 Å². The maximum atomic E-state index is 15.0. The van der Waals surface area contributed by atoms with E-state index in [1.807, 2.05) is 26.1 Å². The van der Waals surface area contributed by atoms with Crippen molar-refractivity contribution >= 4 is 28.2 Å². The Labute approximate surface area is 195 Å². The standard InChI is InChI=1S/C25H25FN6O2/c1-13-3-4-28-10-18(13)17-7-15-8-20(29-11-19(15)24(27)23(17)26)31-25(34)22-14(2)21(22)16-9-30-32(12-16)5-6-33/h3-4,7-12,14,21-22,33H,5-6,27H2,1-2H3,(H,29,31,34)/t14-,21+,22-/m0/s1. The molecule has 1 aliphatic rings. The van der Waals surface area contributed by atoms with Crippen LogP contribution in [0.25, 0.3) is 21.9 Å². The van der Waals surface area contributed by atoms with Crippen molar-refractivity contribution in [2.75, 3.05) is 17.7 Å². The molecule has 1 saturated carbocycles. The minimum Gasteiger partial charge on any atom is -0.396 e. The number of rotatable bonds is 6. The average Bonchev–Trinajstić information content (AvgIpc) is 3.27. The van der Waals surface area contributed by atoms with Gasteiger partial charge in [-0.05, 0) is 47.6 Å². The van der Waals surface area contributed by atoms with Crippen LogP contribution in [0.1, 0.15) is 24.0 Å². The van der Waals surface area contributed by atoms with E-state index in [0.717, 1.165) is 11.1 Å². The van der Waals surface area contributed by atoms with E-state index >= 15 is 4.39 Å². The summed E-state index contributed by atoms with van der Waals surface area (Å²) in [7, 11) is 0. The number of nitrogen functional groups attached to an aromatic ring is 1. The van der Waals surface area contributed by atoms with Crippen LogP contribution in [0.5, 0.6) is 0 Å². The van der Waals surface area contributed by atoms with Gasteiger partial charge < -0.3 is 16.2 Å². The van der Waals surface area contributed by atoms with Crippen molar-refractivity contribution in [1.29, 1.82) is 0 Å². The molecule has 9 heteroatoms. The third kappa shape index (κ3) is 3.77. The number of amides is 1. The number of hydrogen-bond donors (Lipinski definition) is 3. The highest BCUT2D eigenvalue weighted by molar-refractivity contribution is 6.00. The van der Waals surface area contributed by atoms with Gasteiger partial charge >= 0.3 is 0 Å². The van der Waals surface area contributed by atoms with Crippen LogP contribution in [0.15, 0.2) is 49.2 Å². The SMILES string of the molecule is Cc1ccncc1-c1cc2cc(NC(=O)[C@H]3[C@@H](C)[C@@H]3c3cnn(CCO)c3)ncc2c(N)c1F. The number of nitrogens with two attached hydrogens (primary N) is 1. The predicted molar refractivity (Wildman–Crippen MR) is 127 cm³/mol. The Balaban J connectivity index is 1.40. The molecule has 0 aliphatic heterocycles. The summed E-state index contributed by atoms with van der Waals surface area (Å²) in [5.74, 6) is -0.228. The maximum absolute atomic E-state index is 15.0. The third-order valence-corrected chi connectivity index (χ3v) is 6.63. The fourth-order valence-corrected chi connectivity index (χ4v) is 4.67. The molecule has 8 nitrogen and oxygen atoms in total. The van der Waals surface area contributed by atoms with Crippen LogP contribution in [0, 0.1) is 24.6 Å². The molecular weight excluding hydrogens is 435 g/mol. The average molecular weight is 461 g/mol. The molecule has 0 unspecified atom stereocenters. The lowest BCUT2D eigenvalue weighted by Gasteiger charge is -2.12. The number of nitrogens with one attached hydrogen (secondary N) is 1. The molecule has 0 saturated heterocycles. The fourth-order valence-electron chi connectivity index (χ4n) is 4.67. The van der Waals surface area contributed by atoms with Crippen molar-refractivity contribution in [3.05, 3.63) is 66.1 Å². The number of benzene rings is 1. The third-order valence-electron chi connectivity index (χ3n) is 6.63. The zero-order valence-electron chi connectivity index (χ0n) is 18.9. The second-order valence-corrected chi connectivity index (χ2v) is 8.79. The summed E-state index contributed by atoms with van der Waals surface area (Å²) in [5.41, 5.74) is 8.98. The van der Waals surface area contributed by atoms with Gasteiger partial charge in [0.1, 0.15) is 5.82 Å². The van der Waals surface area contributed by atoms with Crippen LogP contribution in [0.3, 0.4) is 0 Å². The first-order valence-electron chi connectivity index (χ1n) is 11.1. The molecule has 4 N–H and O–H groups in total. The van der Waals surface area contributed by atoms with Gasteiger partial charge in [0.25, 0.3) is 0 Å². The second-order valence-electron chi connectivity index (χ2n) is 8.79. The topological polar surface area (TPSA) is 119 Å². The molecule has 1 aromatic carbocycles. The number of fused-ring (bicyclic) bond motifs is 1. The van der Waals surface area contributed by atoms with Crippen LogP contribution in [-0.4, -0.2) is 37.4 Å². The monoisotopic (exact) mass is 460 g/mol. The molecule has 1 fully saturated rings. The molecular formula is C25H25FN6O2. The summed E-state index contributed by atoms with van der Waals surface area (Å²) in [6.45, 7) is 4.34. The highest BCUT2D eigenvalue weighted by Crippen LogP contribution is 2.54. The lowest BCUT2D eigenvalue weighted by Crippen LogP contribution is -2.16. The largest absolute Gasteiger partial charge is 0.396 e. The van der Waals surface area contributed by atoms with Gasteiger partial charge in [-0.1, -0.05) is 6.92 Å². The Kier molecular flexibility index (Phi) is 5.49. The first-order valence-corrected chi connectivity index (χ1v) is 11.1. The number of aryl methyl sites for hydroxylation is 1. The molecule has 1 amide bonds. The van der Waals surface area contributed by atoms with E-state index in [9.17, 15) is 4.79 Å². The summed E-state index contributed by atoms with van der Waals surface area (Å²) in [5, 5.41) is 17.4. The van der Waals surface area contributed by atoms with E-state index in [4.69, 9.17) is 10.8 Å². The van der Waals surface area contributed by atoms with Gasteiger partial charge in [0.2, 0.25) is 5.91 Å². The molecule has 4 aromatic rings. The first-order chi connectivity index (χ1) is 16.4. The van der Waals surface area contributed by atoms with Crippen LogP contribution in [0.2, 0.25) is 0 Å². The lowest BCUT2D eigenvalue weighted by molar-refractivity contribution is -0.117. The molecule has 0 spiro atoms. The normalized spacial score (nSPS) is 19.4. The second kappa shape index (κ2) is 8.49. The highest BCUT2D eigenvalue weighted by atomic mass is 19.1. The number of aliphatic hydroxyl groups is 1. The Morgan fingerprint density at radius 3 is 2.85 bits per heavy atom. The molecule has 1 aliphatic carbocycles. The summed E-state index contributed by atoms with van der Waals surface area (Å²) in [4.78, 5) is 21.4. The van der Waals surface area contributed by atoms with E-state index in [0.29, 0.717) is 34.3 Å². The Morgan fingerprint density at radius 2 is 2.09 bits per heavy atom. The van der Waals surface area contributed by atoms with Crippen molar-refractivity contribution in [2.24, 2.45) is 11.8 Å².